The third-order valence-electron chi connectivity index (χ3n) is 4.14. The van der Waals surface area contributed by atoms with Crippen LogP contribution in [0.1, 0.15) is 42.1 Å². The summed E-state index contributed by atoms with van der Waals surface area (Å²) in [7, 11) is 0. The Balaban J connectivity index is 1.97. The van der Waals surface area contributed by atoms with Gasteiger partial charge in [-0.25, -0.2) is 0 Å². The molecule has 1 heterocycles. The molecule has 2 rings (SSSR count). The fourth-order valence-electron chi connectivity index (χ4n) is 2.71. The molecule has 1 aromatic carbocycles. The van der Waals surface area contributed by atoms with Gasteiger partial charge in [-0.1, -0.05) is 30.7 Å². The molecule has 2 atom stereocenters. The smallest absolute Gasteiger partial charge is 0.163 e. The van der Waals surface area contributed by atoms with Gasteiger partial charge in [-0.05, 0) is 56.3 Å². The molecular formula is C16H22ClNO. The molecule has 1 saturated heterocycles. The molecule has 0 radical (unpaired) electrons. The average Bonchev–Trinajstić information content (AvgIpc) is 2.42. The predicted octanol–water partition coefficient (Wildman–Crippen LogP) is 3.86. The summed E-state index contributed by atoms with van der Waals surface area (Å²) in [5.41, 5.74) is 1.76. The van der Waals surface area contributed by atoms with Crippen molar-refractivity contribution in [3.05, 3.63) is 34.3 Å². The van der Waals surface area contributed by atoms with E-state index in [1.54, 1.807) is 6.07 Å². The van der Waals surface area contributed by atoms with Crippen LogP contribution in [-0.4, -0.2) is 18.9 Å². The Kier molecular flexibility index (Phi) is 5.00. The van der Waals surface area contributed by atoms with Crippen molar-refractivity contribution in [3.63, 3.8) is 0 Å². The lowest BCUT2D eigenvalue weighted by Crippen LogP contribution is -2.34. The maximum atomic E-state index is 12.3. The van der Waals surface area contributed by atoms with Crippen LogP contribution < -0.4 is 5.32 Å². The predicted molar refractivity (Wildman–Crippen MR) is 79.9 cm³/mol. The molecule has 19 heavy (non-hydrogen) atoms. The lowest BCUT2D eigenvalue weighted by Gasteiger charge is -2.28. The third kappa shape index (κ3) is 3.80. The van der Waals surface area contributed by atoms with Crippen molar-refractivity contribution >= 4 is 17.4 Å². The van der Waals surface area contributed by atoms with Crippen molar-refractivity contribution in [1.82, 2.24) is 5.32 Å². The first-order chi connectivity index (χ1) is 9.08. The standard InChI is InChI=1S/C16H22ClNO/c1-11-5-6-13(9-15(11)17)16(19)8-12(2)14-4-3-7-18-10-14/h5-6,9,12,14,18H,3-4,7-8,10H2,1-2H3. The number of rotatable bonds is 4. The first-order valence-electron chi connectivity index (χ1n) is 7.08. The first-order valence-corrected chi connectivity index (χ1v) is 7.46. The number of carbonyl (C=O) groups is 1. The van der Waals surface area contributed by atoms with Crippen LogP contribution in [0.2, 0.25) is 5.02 Å². The molecule has 2 unspecified atom stereocenters. The fraction of sp³-hybridized carbons (Fsp3) is 0.562. The third-order valence-corrected chi connectivity index (χ3v) is 4.55. The highest BCUT2D eigenvalue weighted by Crippen LogP contribution is 2.25. The zero-order chi connectivity index (χ0) is 13.8. The fourth-order valence-corrected chi connectivity index (χ4v) is 2.89. The molecule has 0 aromatic heterocycles. The van der Waals surface area contributed by atoms with E-state index in [1.807, 2.05) is 19.1 Å². The molecule has 1 fully saturated rings. The van der Waals surface area contributed by atoms with Gasteiger partial charge >= 0.3 is 0 Å². The van der Waals surface area contributed by atoms with E-state index in [9.17, 15) is 4.79 Å². The number of carbonyl (C=O) groups excluding carboxylic acids is 1. The number of hydrogen-bond acceptors (Lipinski definition) is 2. The van der Waals surface area contributed by atoms with Crippen molar-refractivity contribution < 1.29 is 4.79 Å². The van der Waals surface area contributed by atoms with Crippen LogP contribution in [0, 0.1) is 18.8 Å². The Morgan fingerprint density at radius 2 is 2.32 bits per heavy atom. The first kappa shape index (κ1) is 14.5. The summed E-state index contributed by atoms with van der Waals surface area (Å²) >= 11 is 6.08. The number of aryl methyl sites for hydroxylation is 1. The molecule has 2 nitrogen and oxygen atoms in total. The van der Waals surface area contributed by atoms with Crippen LogP contribution in [0.4, 0.5) is 0 Å². The molecule has 104 valence electrons. The van der Waals surface area contributed by atoms with E-state index < -0.39 is 0 Å². The van der Waals surface area contributed by atoms with Gasteiger partial charge in [-0.3, -0.25) is 4.79 Å². The topological polar surface area (TPSA) is 29.1 Å². The van der Waals surface area contributed by atoms with E-state index in [-0.39, 0.29) is 5.78 Å². The summed E-state index contributed by atoms with van der Waals surface area (Å²) in [6.45, 7) is 6.30. The minimum Gasteiger partial charge on any atom is -0.316 e. The van der Waals surface area contributed by atoms with Crippen molar-refractivity contribution in [3.8, 4) is 0 Å². The highest BCUT2D eigenvalue weighted by atomic mass is 35.5. The van der Waals surface area contributed by atoms with Gasteiger partial charge in [-0.15, -0.1) is 0 Å². The van der Waals surface area contributed by atoms with Crippen molar-refractivity contribution in [2.24, 2.45) is 11.8 Å². The second-order valence-electron chi connectivity index (χ2n) is 5.67. The second kappa shape index (κ2) is 6.53. The van der Waals surface area contributed by atoms with Gasteiger partial charge in [0.1, 0.15) is 0 Å². The number of nitrogens with one attached hydrogen (secondary N) is 1. The molecule has 0 aliphatic carbocycles. The Hall–Kier alpha value is -0.860. The molecule has 0 bridgehead atoms. The summed E-state index contributed by atoms with van der Waals surface area (Å²) in [5.74, 6) is 1.26. The lowest BCUT2D eigenvalue weighted by atomic mass is 9.83. The Bertz CT molecular complexity index is 452. The zero-order valence-electron chi connectivity index (χ0n) is 11.7. The zero-order valence-corrected chi connectivity index (χ0v) is 12.5. The van der Waals surface area contributed by atoms with Crippen LogP contribution >= 0.6 is 11.6 Å². The number of piperidine rings is 1. The molecule has 1 aliphatic heterocycles. The number of benzene rings is 1. The van der Waals surface area contributed by atoms with Crippen LogP contribution in [0.5, 0.6) is 0 Å². The molecule has 3 heteroatoms. The minimum atomic E-state index is 0.208. The Morgan fingerprint density at radius 3 is 2.95 bits per heavy atom. The lowest BCUT2D eigenvalue weighted by molar-refractivity contribution is 0.0943. The highest BCUT2D eigenvalue weighted by Gasteiger charge is 2.22. The van der Waals surface area contributed by atoms with E-state index in [0.717, 1.165) is 24.2 Å². The largest absolute Gasteiger partial charge is 0.316 e. The second-order valence-corrected chi connectivity index (χ2v) is 6.08. The Labute approximate surface area is 120 Å². The van der Waals surface area contributed by atoms with Gasteiger partial charge in [0, 0.05) is 17.0 Å². The summed E-state index contributed by atoms with van der Waals surface area (Å²) in [6.07, 6.45) is 3.07. The highest BCUT2D eigenvalue weighted by molar-refractivity contribution is 6.31. The molecule has 0 spiro atoms. The molecule has 1 aliphatic rings. The molecule has 1 aromatic rings. The normalized spacial score (nSPS) is 21.1. The monoisotopic (exact) mass is 279 g/mol. The Morgan fingerprint density at radius 1 is 1.53 bits per heavy atom. The van der Waals surface area contributed by atoms with Gasteiger partial charge in [0.15, 0.2) is 5.78 Å². The minimum absolute atomic E-state index is 0.208. The summed E-state index contributed by atoms with van der Waals surface area (Å²) in [5, 5.41) is 4.09. The van der Waals surface area contributed by atoms with E-state index >= 15 is 0 Å². The van der Waals surface area contributed by atoms with Crippen LogP contribution in [0.25, 0.3) is 0 Å². The SMILES string of the molecule is Cc1ccc(C(=O)CC(C)C2CCCNC2)cc1Cl. The quantitative estimate of drug-likeness (QED) is 0.848. The average molecular weight is 280 g/mol. The van der Waals surface area contributed by atoms with Gasteiger partial charge < -0.3 is 5.32 Å². The van der Waals surface area contributed by atoms with Crippen molar-refractivity contribution in [2.75, 3.05) is 13.1 Å². The molecule has 0 saturated carbocycles. The van der Waals surface area contributed by atoms with Gasteiger partial charge in [0.05, 0.1) is 0 Å². The molecule has 0 amide bonds. The van der Waals surface area contributed by atoms with Gasteiger partial charge in [0.2, 0.25) is 0 Å². The summed E-state index contributed by atoms with van der Waals surface area (Å²) in [4.78, 5) is 12.3. The molecule has 1 N–H and O–H groups in total. The van der Waals surface area contributed by atoms with E-state index in [4.69, 9.17) is 11.6 Å². The maximum absolute atomic E-state index is 12.3. The number of halogens is 1. The van der Waals surface area contributed by atoms with Gasteiger partial charge in [0.25, 0.3) is 0 Å². The van der Waals surface area contributed by atoms with Crippen molar-refractivity contribution in [1.29, 1.82) is 0 Å². The van der Waals surface area contributed by atoms with E-state index in [2.05, 4.69) is 12.2 Å². The van der Waals surface area contributed by atoms with Crippen LogP contribution in [0.15, 0.2) is 18.2 Å². The van der Waals surface area contributed by atoms with E-state index in [1.165, 1.54) is 12.8 Å². The van der Waals surface area contributed by atoms with E-state index in [0.29, 0.717) is 23.3 Å². The van der Waals surface area contributed by atoms with Crippen LogP contribution in [0.3, 0.4) is 0 Å². The summed E-state index contributed by atoms with van der Waals surface area (Å²) < 4.78 is 0. The van der Waals surface area contributed by atoms with Crippen LogP contribution in [-0.2, 0) is 0 Å². The van der Waals surface area contributed by atoms with Gasteiger partial charge in [-0.2, -0.15) is 0 Å². The summed E-state index contributed by atoms with van der Waals surface area (Å²) in [6, 6.07) is 5.60. The number of ketones is 1. The number of hydrogen-bond donors (Lipinski definition) is 1. The molecular weight excluding hydrogens is 258 g/mol. The number of Topliss-reactive ketones (excluding diaryl/α,β-unsaturated/α-hetero) is 1. The maximum Gasteiger partial charge on any atom is 0.163 e. The van der Waals surface area contributed by atoms with Crippen molar-refractivity contribution in [2.45, 2.75) is 33.1 Å².